The molecule has 3 N–H and O–H groups in total. The average Bonchev–Trinajstić information content (AvgIpc) is 3.00. The lowest BCUT2D eigenvalue weighted by atomic mass is 9.78. The molecule has 0 atom stereocenters. The third-order valence-corrected chi connectivity index (χ3v) is 5.85. The number of nitrogens with two attached hydrogens (primary N) is 1. The van der Waals surface area contributed by atoms with Crippen molar-refractivity contribution in [2.75, 3.05) is 11.5 Å². The van der Waals surface area contributed by atoms with Crippen molar-refractivity contribution < 1.29 is 14.1 Å². The van der Waals surface area contributed by atoms with Crippen LogP contribution in [-0.4, -0.2) is 39.4 Å². The minimum Gasteiger partial charge on any atom is -0.400 e. The molecular weight excluding hydrogens is 349 g/mol. The van der Waals surface area contributed by atoms with E-state index in [1.165, 1.54) is 11.8 Å². The van der Waals surface area contributed by atoms with Crippen molar-refractivity contribution in [1.82, 2.24) is 10.2 Å². The zero-order chi connectivity index (χ0) is 19.1. The molecule has 6 nitrogen and oxygen atoms in total. The van der Waals surface area contributed by atoms with Gasteiger partial charge in [-0.1, -0.05) is 23.9 Å². The van der Waals surface area contributed by atoms with Crippen molar-refractivity contribution in [2.45, 2.75) is 45.8 Å². The van der Waals surface area contributed by atoms with Crippen molar-refractivity contribution in [2.24, 2.45) is 0 Å². The minimum absolute atomic E-state index is 0.0595. The summed E-state index contributed by atoms with van der Waals surface area (Å²) in [6.07, 6.45) is 2.01. The first-order valence-electron chi connectivity index (χ1n) is 8.52. The fourth-order valence-corrected chi connectivity index (χ4v) is 3.31. The quantitative estimate of drug-likeness (QED) is 0.798. The zero-order valence-electron chi connectivity index (χ0n) is 15.8. The average molecular weight is 373 g/mol. The number of hydrogen-bond acceptors (Lipinski definition) is 6. The number of H-pyrrole nitrogens is 1. The maximum Gasteiger partial charge on any atom is 0.491 e. The molecule has 0 bridgehead atoms. The molecule has 1 fully saturated rings. The van der Waals surface area contributed by atoms with Gasteiger partial charge in [0.15, 0.2) is 10.9 Å². The van der Waals surface area contributed by atoms with Crippen molar-refractivity contribution >= 4 is 46.8 Å². The molecule has 1 aliphatic rings. The van der Waals surface area contributed by atoms with Crippen molar-refractivity contribution in [3.63, 3.8) is 0 Å². The highest BCUT2D eigenvalue weighted by Gasteiger charge is 2.52. The molecule has 2 heterocycles. The van der Waals surface area contributed by atoms with Crippen molar-refractivity contribution in [3.05, 3.63) is 29.2 Å². The fraction of sp³-hybridized carbons (Fsp3) is 0.444. The number of nitrogens with one attached hydrogen (secondary N) is 1. The van der Waals surface area contributed by atoms with Gasteiger partial charge in [0.1, 0.15) is 0 Å². The summed E-state index contributed by atoms with van der Waals surface area (Å²) in [7, 11) is -0.491. The van der Waals surface area contributed by atoms with Gasteiger partial charge in [-0.15, -0.1) is 0 Å². The van der Waals surface area contributed by atoms with E-state index in [0.29, 0.717) is 11.6 Å². The Hall–Kier alpha value is -1.77. The Morgan fingerprint density at radius 3 is 2.58 bits per heavy atom. The van der Waals surface area contributed by atoms with Gasteiger partial charge in [-0.25, -0.2) is 0 Å². The van der Waals surface area contributed by atoms with E-state index in [-0.39, 0.29) is 5.12 Å². The van der Waals surface area contributed by atoms with Crippen LogP contribution in [0.3, 0.4) is 0 Å². The highest BCUT2D eigenvalue weighted by atomic mass is 32.2. The number of rotatable bonds is 4. The Bertz CT molecular complexity index is 860. The van der Waals surface area contributed by atoms with Crippen LogP contribution in [0.15, 0.2) is 23.7 Å². The smallest absolute Gasteiger partial charge is 0.400 e. The molecule has 0 amide bonds. The van der Waals surface area contributed by atoms with Gasteiger partial charge in [-0.05, 0) is 50.9 Å². The molecule has 0 aliphatic carbocycles. The van der Waals surface area contributed by atoms with E-state index in [1.54, 1.807) is 6.92 Å². The third-order valence-electron chi connectivity index (χ3n) is 4.97. The van der Waals surface area contributed by atoms with Gasteiger partial charge >= 0.3 is 7.12 Å². The number of thioether (sulfide) groups is 1. The van der Waals surface area contributed by atoms with Gasteiger partial charge in [-0.3, -0.25) is 9.89 Å². The number of aromatic nitrogens is 2. The Balaban J connectivity index is 1.94. The van der Waals surface area contributed by atoms with Crippen molar-refractivity contribution in [1.29, 1.82) is 0 Å². The van der Waals surface area contributed by atoms with Gasteiger partial charge in [-0.2, -0.15) is 5.10 Å². The number of carbonyl (C=O) groups is 1. The van der Waals surface area contributed by atoms with Crippen LogP contribution >= 0.6 is 11.8 Å². The molecule has 26 heavy (non-hydrogen) atoms. The van der Waals surface area contributed by atoms with Crippen LogP contribution < -0.4 is 5.73 Å². The van der Waals surface area contributed by atoms with E-state index in [9.17, 15) is 4.79 Å². The van der Waals surface area contributed by atoms with E-state index in [1.807, 2.05) is 52.0 Å². The number of anilines is 1. The van der Waals surface area contributed by atoms with E-state index >= 15 is 0 Å². The van der Waals surface area contributed by atoms with Crippen LogP contribution in [-0.2, 0) is 14.1 Å². The number of hydrogen-bond donors (Lipinski definition) is 2. The molecule has 0 saturated carbocycles. The van der Waals surface area contributed by atoms with Crippen LogP contribution in [0.25, 0.3) is 17.0 Å². The van der Waals surface area contributed by atoms with Crippen LogP contribution in [0.4, 0.5) is 5.82 Å². The maximum absolute atomic E-state index is 11.5. The molecule has 3 rings (SSSR count). The van der Waals surface area contributed by atoms with Crippen molar-refractivity contribution in [3.8, 4) is 0 Å². The summed E-state index contributed by atoms with van der Waals surface area (Å²) in [5.41, 5.74) is 7.71. The van der Waals surface area contributed by atoms with Gasteiger partial charge in [0.25, 0.3) is 0 Å². The number of nitrogen functional groups attached to an aromatic ring is 1. The Kier molecular flexibility index (Phi) is 4.94. The second-order valence-corrected chi connectivity index (χ2v) is 8.65. The number of carbonyl (C=O) groups excluding carboxylic acids is 1. The Morgan fingerprint density at radius 1 is 1.31 bits per heavy atom. The second kappa shape index (κ2) is 6.76. The van der Waals surface area contributed by atoms with Gasteiger partial charge < -0.3 is 15.0 Å². The van der Waals surface area contributed by atoms with E-state index < -0.39 is 18.3 Å². The summed E-state index contributed by atoms with van der Waals surface area (Å²) in [4.78, 5) is 11.5. The SMILES string of the molecule is CC(=O)SCC(=Cc1ccc2c(N)n[nH]c2c1)B1OC(C)(C)C(C)(C)O1. The van der Waals surface area contributed by atoms with Gasteiger partial charge in [0.05, 0.1) is 16.7 Å². The second-order valence-electron chi connectivity index (χ2n) is 7.50. The lowest BCUT2D eigenvalue weighted by molar-refractivity contribution is -0.109. The molecule has 0 unspecified atom stereocenters. The van der Waals surface area contributed by atoms with Crippen LogP contribution in [0.2, 0.25) is 0 Å². The van der Waals surface area contributed by atoms with Crippen LogP contribution in [0.1, 0.15) is 40.2 Å². The summed E-state index contributed by atoms with van der Waals surface area (Å²) >= 11 is 1.25. The lowest BCUT2D eigenvalue weighted by Crippen LogP contribution is -2.41. The van der Waals surface area contributed by atoms with E-state index in [4.69, 9.17) is 15.0 Å². The first kappa shape index (κ1) is 19.0. The first-order valence-corrected chi connectivity index (χ1v) is 9.51. The van der Waals surface area contributed by atoms with Gasteiger partial charge in [0.2, 0.25) is 0 Å². The van der Waals surface area contributed by atoms with Crippen LogP contribution in [0, 0.1) is 0 Å². The molecule has 0 radical (unpaired) electrons. The largest absolute Gasteiger partial charge is 0.491 e. The topological polar surface area (TPSA) is 90.2 Å². The molecule has 1 aromatic heterocycles. The number of nitrogens with zero attached hydrogens (tertiary/aromatic N) is 1. The summed E-state index contributed by atoms with van der Waals surface area (Å²) in [6.45, 7) is 9.63. The number of benzene rings is 1. The first-order chi connectivity index (χ1) is 12.1. The summed E-state index contributed by atoms with van der Waals surface area (Å²) in [5.74, 6) is 0.990. The molecule has 1 aliphatic heterocycles. The third kappa shape index (κ3) is 3.67. The predicted octanol–water partition coefficient (Wildman–Crippen LogP) is 3.44. The molecule has 2 aromatic rings. The maximum atomic E-state index is 11.5. The lowest BCUT2D eigenvalue weighted by Gasteiger charge is -2.32. The molecule has 0 spiro atoms. The molecule has 8 heteroatoms. The normalized spacial score (nSPS) is 19.3. The monoisotopic (exact) mass is 373 g/mol. The highest BCUT2D eigenvalue weighted by molar-refractivity contribution is 8.13. The predicted molar refractivity (Wildman–Crippen MR) is 108 cm³/mol. The number of aromatic amines is 1. The molecular formula is C18H24BN3O3S. The summed E-state index contributed by atoms with van der Waals surface area (Å²) < 4.78 is 12.3. The summed E-state index contributed by atoms with van der Waals surface area (Å²) in [6, 6.07) is 5.88. The zero-order valence-corrected chi connectivity index (χ0v) is 16.6. The Morgan fingerprint density at radius 2 is 1.96 bits per heavy atom. The standard InChI is InChI=1S/C18H24BN3O3S/c1-11(23)26-10-13(19-24-17(2,3)18(4,5)25-19)8-12-6-7-14-15(9-12)21-22-16(14)20/h6-9H,10H2,1-5H3,(H3,20,21,22). The fourth-order valence-electron chi connectivity index (χ4n) is 2.72. The van der Waals surface area contributed by atoms with E-state index in [0.717, 1.165) is 21.9 Å². The van der Waals surface area contributed by atoms with Gasteiger partial charge in [0, 0.05) is 18.1 Å². The summed E-state index contributed by atoms with van der Waals surface area (Å²) in [5, 5.41) is 7.89. The molecule has 1 saturated heterocycles. The van der Waals surface area contributed by atoms with E-state index in [2.05, 4.69) is 10.2 Å². The Labute approximate surface area is 158 Å². The molecule has 138 valence electrons. The molecule has 1 aromatic carbocycles. The highest BCUT2D eigenvalue weighted by Crippen LogP contribution is 2.39. The number of fused-ring (bicyclic) bond motifs is 1. The minimum atomic E-state index is -0.491. The van der Waals surface area contributed by atoms with Crippen LogP contribution in [0.5, 0.6) is 0 Å².